The Morgan fingerprint density at radius 1 is 1.04 bits per heavy atom. The third kappa shape index (κ3) is 3.17. The van der Waals surface area contributed by atoms with Gasteiger partial charge in [-0.15, -0.1) is 5.10 Å². The van der Waals surface area contributed by atoms with Crippen LogP contribution in [0.1, 0.15) is 5.56 Å². The fraction of sp³-hybridized carbons (Fsp3) is 0.250. The highest BCUT2D eigenvalue weighted by Gasteiger charge is 2.17. The molecule has 2 aromatic carbocycles. The van der Waals surface area contributed by atoms with Crippen molar-refractivity contribution < 1.29 is 4.74 Å². The second kappa shape index (κ2) is 6.85. The summed E-state index contributed by atoms with van der Waals surface area (Å²) in [4.78, 5) is 2.26. The van der Waals surface area contributed by atoms with Gasteiger partial charge in [-0.2, -0.15) is 5.10 Å². The molecule has 5 rings (SSSR count). The molecule has 2 aromatic heterocycles. The number of aromatic nitrogens is 5. The lowest BCUT2D eigenvalue weighted by molar-refractivity contribution is 0.122. The first-order valence-electron chi connectivity index (χ1n) is 9.12. The molecule has 0 radical (unpaired) electrons. The number of morpholine rings is 1. The number of H-pyrrole nitrogens is 1. The molecule has 7 nitrogen and oxygen atoms in total. The highest BCUT2D eigenvalue weighted by Crippen LogP contribution is 2.29. The number of nitrogens with one attached hydrogen (secondary N) is 1. The van der Waals surface area contributed by atoms with Gasteiger partial charge >= 0.3 is 0 Å². The van der Waals surface area contributed by atoms with Gasteiger partial charge in [0.2, 0.25) is 0 Å². The molecule has 1 fully saturated rings. The molecule has 3 heterocycles. The van der Waals surface area contributed by atoms with Crippen LogP contribution in [0.2, 0.25) is 0 Å². The van der Waals surface area contributed by atoms with Gasteiger partial charge in [0, 0.05) is 24.0 Å². The van der Waals surface area contributed by atoms with Crippen LogP contribution in [0.15, 0.2) is 54.7 Å². The molecule has 0 aliphatic carbocycles. The molecule has 7 heteroatoms. The van der Waals surface area contributed by atoms with Crippen molar-refractivity contribution in [1.29, 1.82) is 0 Å². The van der Waals surface area contributed by atoms with Crippen LogP contribution in [0.25, 0.3) is 22.2 Å². The second-order valence-electron chi connectivity index (χ2n) is 6.69. The van der Waals surface area contributed by atoms with E-state index in [4.69, 9.17) is 4.74 Å². The van der Waals surface area contributed by atoms with Gasteiger partial charge < -0.3 is 9.64 Å². The standard InChI is InChI=1S/C20H20N6O/c1-2-4-15(5-3-1)13-26-14-19(22-24-26)16-6-7-18-17(12-16)20(23-21-18)25-8-10-27-11-9-25/h1-7,12,14H,8-11,13H2,(H,21,23). The number of ether oxygens (including phenoxy) is 1. The molecule has 0 saturated carbocycles. The molecule has 4 aromatic rings. The monoisotopic (exact) mass is 360 g/mol. The fourth-order valence-corrected chi connectivity index (χ4v) is 3.45. The van der Waals surface area contributed by atoms with Crippen molar-refractivity contribution in [2.24, 2.45) is 0 Å². The number of benzene rings is 2. The summed E-state index contributed by atoms with van der Waals surface area (Å²) in [6, 6.07) is 16.5. The van der Waals surface area contributed by atoms with Gasteiger partial charge in [0.15, 0.2) is 5.82 Å². The summed E-state index contributed by atoms with van der Waals surface area (Å²) in [5.41, 5.74) is 4.13. The predicted molar refractivity (Wildman–Crippen MR) is 104 cm³/mol. The van der Waals surface area contributed by atoms with Crippen molar-refractivity contribution in [3.8, 4) is 11.3 Å². The Labute approximate surface area is 156 Å². The highest BCUT2D eigenvalue weighted by molar-refractivity contribution is 5.93. The van der Waals surface area contributed by atoms with Gasteiger partial charge in [0.1, 0.15) is 5.69 Å². The van der Waals surface area contributed by atoms with Crippen molar-refractivity contribution in [2.45, 2.75) is 6.54 Å². The smallest absolute Gasteiger partial charge is 0.158 e. The summed E-state index contributed by atoms with van der Waals surface area (Å²) in [7, 11) is 0. The van der Waals surface area contributed by atoms with Crippen LogP contribution in [-0.4, -0.2) is 51.5 Å². The zero-order valence-corrected chi connectivity index (χ0v) is 14.9. The minimum Gasteiger partial charge on any atom is -0.378 e. The molecule has 136 valence electrons. The minimum absolute atomic E-state index is 0.709. The zero-order chi connectivity index (χ0) is 18.1. The Morgan fingerprint density at radius 2 is 1.89 bits per heavy atom. The van der Waals surface area contributed by atoms with Crippen LogP contribution in [0.3, 0.4) is 0 Å². The van der Waals surface area contributed by atoms with Crippen molar-refractivity contribution in [1.82, 2.24) is 25.2 Å². The normalized spacial score (nSPS) is 14.7. The molecule has 1 N–H and O–H groups in total. The first-order valence-corrected chi connectivity index (χ1v) is 9.12. The maximum Gasteiger partial charge on any atom is 0.158 e. The van der Waals surface area contributed by atoms with Crippen LogP contribution < -0.4 is 4.90 Å². The molecule has 27 heavy (non-hydrogen) atoms. The fourth-order valence-electron chi connectivity index (χ4n) is 3.45. The lowest BCUT2D eigenvalue weighted by Gasteiger charge is -2.26. The molecule has 0 amide bonds. The summed E-state index contributed by atoms with van der Waals surface area (Å²) >= 11 is 0. The van der Waals surface area contributed by atoms with Gasteiger partial charge in [-0.05, 0) is 17.7 Å². The van der Waals surface area contributed by atoms with Crippen molar-refractivity contribution in [3.63, 3.8) is 0 Å². The van der Waals surface area contributed by atoms with E-state index < -0.39 is 0 Å². The highest BCUT2D eigenvalue weighted by atomic mass is 16.5. The quantitative estimate of drug-likeness (QED) is 0.606. The number of fused-ring (bicyclic) bond motifs is 1. The van der Waals surface area contributed by atoms with E-state index in [1.807, 2.05) is 29.1 Å². The molecule has 0 bridgehead atoms. The topological polar surface area (TPSA) is 71.9 Å². The van der Waals surface area contributed by atoms with Crippen LogP contribution in [-0.2, 0) is 11.3 Å². The van der Waals surface area contributed by atoms with Gasteiger partial charge in [-0.3, -0.25) is 5.10 Å². The lowest BCUT2D eigenvalue weighted by atomic mass is 10.1. The maximum atomic E-state index is 5.45. The van der Waals surface area contributed by atoms with Gasteiger partial charge in [-0.25, -0.2) is 4.68 Å². The zero-order valence-electron chi connectivity index (χ0n) is 14.9. The van der Waals surface area contributed by atoms with Crippen LogP contribution in [0, 0.1) is 0 Å². The average Bonchev–Trinajstić information content (AvgIpc) is 3.36. The van der Waals surface area contributed by atoms with Gasteiger partial charge in [-0.1, -0.05) is 41.6 Å². The van der Waals surface area contributed by atoms with Crippen molar-refractivity contribution >= 4 is 16.7 Å². The first kappa shape index (κ1) is 16.0. The number of hydrogen-bond donors (Lipinski definition) is 1. The summed E-state index contributed by atoms with van der Waals surface area (Å²) in [5, 5.41) is 17.4. The third-order valence-electron chi connectivity index (χ3n) is 4.88. The van der Waals surface area contributed by atoms with Gasteiger partial charge in [0.25, 0.3) is 0 Å². The number of hydrogen-bond acceptors (Lipinski definition) is 5. The second-order valence-corrected chi connectivity index (χ2v) is 6.69. The third-order valence-corrected chi connectivity index (χ3v) is 4.88. The van der Waals surface area contributed by atoms with E-state index >= 15 is 0 Å². The summed E-state index contributed by atoms with van der Waals surface area (Å²) in [6.45, 7) is 3.90. The number of aromatic amines is 1. The van der Waals surface area contributed by atoms with E-state index in [-0.39, 0.29) is 0 Å². The summed E-state index contributed by atoms with van der Waals surface area (Å²) in [5.74, 6) is 0.979. The Bertz CT molecular complexity index is 1050. The molecular weight excluding hydrogens is 340 g/mol. The Kier molecular flexibility index (Phi) is 4.06. The molecule has 1 aliphatic heterocycles. The van der Waals surface area contributed by atoms with E-state index in [9.17, 15) is 0 Å². The molecule has 0 atom stereocenters. The Balaban J connectivity index is 1.45. The average molecular weight is 360 g/mol. The molecule has 1 aliphatic rings. The Hall–Kier alpha value is -3.19. The number of anilines is 1. The van der Waals surface area contributed by atoms with E-state index in [2.05, 4.69) is 55.7 Å². The van der Waals surface area contributed by atoms with Gasteiger partial charge in [0.05, 0.1) is 31.5 Å². The van der Waals surface area contributed by atoms with Crippen LogP contribution in [0.4, 0.5) is 5.82 Å². The molecular formula is C20H20N6O. The molecule has 1 saturated heterocycles. The number of rotatable bonds is 4. The lowest BCUT2D eigenvalue weighted by Crippen LogP contribution is -2.36. The maximum absolute atomic E-state index is 5.45. The number of nitrogens with zero attached hydrogens (tertiary/aromatic N) is 5. The largest absolute Gasteiger partial charge is 0.378 e. The molecule has 0 spiro atoms. The van der Waals surface area contributed by atoms with E-state index in [1.54, 1.807) is 0 Å². The summed E-state index contributed by atoms with van der Waals surface area (Å²) < 4.78 is 7.32. The van der Waals surface area contributed by atoms with Crippen molar-refractivity contribution in [3.05, 3.63) is 60.3 Å². The summed E-state index contributed by atoms with van der Waals surface area (Å²) in [6.07, 6.45) is 1.99. The van der Waals surface area contributed by atoms with Crippen LogP contribution >= 0.6 is 0 Å². The minimum atomic E-state index is 0.709. The Morgan fingerprint density at radius 3 is 2.74 bits per heavy atom. The SMILES string of the molecule is c1ccc(Cn2cc(-c3ccc4[nH]nc(N5CCOCC5)c4c3)nn2)cc1. The van der Waals surface area contributed by atoms with Crippen molar-refractivity contribution in [2.75, 3.05) is 31.2 Å². The van der Waals surface area contributed by atoms with E-state index in [1.165, 1.54) is 5.56 Å². The van der Waals surface area contributed by atoms with Crippen LogP contribution in [0.5, 0.6) is 0 Å². The molecule has 0 unspecified atom stereocenters. The predicted octanol–water partition coefficient (Wildman–Crippen LogP) is 2.71. The van der Waals surface area contributed by atoms with E-state index in [0.717, 1.165) is 54.3 Å². The first-order chi connectivity index (χ1) is 13.4. The van der Waals surface area contributed by atoms with E-state index in [0.29, 0.717) is 6.54 Å².